The van der Waals surface area contributed by atoms with E-state index >= 15 is 0 Å². The molecule has 0 bridgehead atoms. The molecule has 1 saturated carbocycles. The fourth-order valence-corrected chi connectivity index (χ4v) is 4.98. The summed E-state index contributed by atoms with van der Waals surface area (Å²) in [5.41, 5.74) is 0. The van der Waals surface area contributed by atoms with Gasteiger partial charge in [0.15, 0.2) is 5.16 Å². The van der Waals surface area contributed by atoms with E-state index in [9.17, 15) is 4.79 Å². The molecule has 0 aromatic carbocycles. The second-order valence-electron chi connectivity index (χ2n) is 6.95. The van der Waals surface area contributed by atoms with E-state index in [2.05, 4.69) is 15.1 Å². The Labute approximate surface area is 152 Å². The predicted molar refractivity (Wildman–Crippen MR) is 95.2 cm³/mol. The van der Waals surface area contributed by atoms with Crippen LogP contribution in [0.5, 0.6) is 0 Å². The number of rotatable bonds is 5. The number of likely N-dealkylation sites (tertiary alicyclic amines) is 1. The minimum Gasteiger partial charge on any atom is -0.467 e. The third-order valence-electron chi connectivity index (χ3n) is 5.37. The van der Waals surface area contributed by atoms with Crippen molar-refractivity contribution in [1.82, 2.24) is 19.7 Å². The minimum absolute atomic E-state index is 0.245. The molecule has 6 nitrogen and oxygen atoms in total. The third kappa shape index (κ3) is 3.76. The maximum Gasteiger partial charge on any atom is 0.233 e. The molecule has 4 rings (SSSR count). The molecule has 0 spiro atoms. The smallest absolute Gasteiger partial charge is 0.233 e. The Hall–Kier alpha value is -1.76. The minimum atomic E-state index is 0.245. The lowest BCUT2D eigenvalue weighted by Gasteiger charge is -2.44. The summed E-state index contributed by atoms with van der Waals surface area (Å²) < 4.78 is 7.31. The van der Waals surface area contributed by atoms with Crippen molar-refractivity contribution in [2.24, 2.45) is 5.92 Å². The predicted octanol–water partition coefficient (Wildman–Crippen LogP) is 3.19. The molecule has 25 heavy (non-hydrogen) atoms. The van der Waals surface area contributed by atoms with Crippen LogP contribution < -0.4 is 0 Å². The number of fused-ring (bicyclic) bond motifs is 1. The highest BCUT2D eigenvalue weighted by molar-refractivity contribution is 7.99. The van der Waals surface area contributed by atoms with Crippen LogP contribution in [0.2, 0.25) is 0 Å². The highest BCUT2D eigenvalue weighted by Crippen LogP contribution is 2.35. The highest BCUT2D eigenvalue weighted by Gasteiger charge is 2.35. The summed E-state index contributed by atoms with van der Waals surface area (Å²) in [6, 6.07) is 4.26. The number of piperidine rings is 1. The van der Waals surface area contributed by atoms with Crippen LogP contribution in [0.3, 0.4) is 0 Å². The van der Waals surface area contributed by atoms with E-state index in [1.165, 1.54) is 43.9 Å². The average Bonchev–Trinajstić information content (AvgIpc) is 3.31. The Bertz CT molecular complexity index is 698. The van der Waals surface area contributed by atoms with Gasteiger partial charge < -0.3 is 13.9 Å². The lowest BCUT2D eigenvalue weighted by atomic mass is 9.78. The molecule has 0 radical (unpaired) electrons. The van der Waals surface area contributed by atoms with Crippen molar-refractivity contribution in [2.45, 2.75) is 56.3 Å². The fourth-order valence-electron chi connectivity index (χ4n) is 4.18. The van der Waals surface area contributed by atoms with Crippen LogP contribution in [0, 0.1) is 5.92 Å². The third-order valence-corrected chi connectivity index (χ3v) is 6.34. The average molecular weight is 360 g/mol. The molecule has 2 aliphatic rings. The molecule has 2 fully saturated rings. The first-order chi connectivity index (χ1) is 12.3. The first kappa shape index (κ1) is 16.7. The zero-order valence-corrected chi connectivity index (χ0v) is 15.2. The molecule has 3 heterocycles. The molecule has 1 aliphatic heterocycles. The number of thioether (sulfide) groups is 1. The van der Waals surface area contributed by atoms with Gasteiger partial charge in [-0.2, -0.15) is 0 Å². The summed E-state index contributed by atoms with van der Waals surface area (Å²) in [4.78, 5) is 15.0. The summed E-state index contributed by atoms with van der Waals surface area (Å²) in [6.45, 7) is 1.50. The summed E-state index contributed by atoms with van der Waals surface area (Å²) in [6.07, 6.45) is 10.8. The van der Waals surface area contributed by atoms with Gasteiger partial charge in [-0.05, 0) is 43.7 Å². The van der Waals surface area contributed by atoms with Gasteiger partial charge in [-0.1, -0.05) is 24.6 Å². The summed E-state index contributed by atoms with van der Waals surface area (Å²) in [5, 5.41) is 8.91. The van der Waals surface area contributed by atoms with Gasteiger partial charge in [-0.25, -0.2) is 0 Å². The van der Waals surface area contributed by atoms with Crippen molar-refractivity contribution < 1.29 is 9.21 Å². The Balaban J connectivity index is 1.36. The van der Waals surface area contributed by atoms with E-state index in [1.807, 2.05) is 16.7 Å². The van der Waals surface area contributed by atoms with Crippen LogP contribution in [-0.2, 0) is 11.3 Å². The van der Waals surface area contributed by atoms with Crippen molar-refractivity contribution in [1.29, 1.82) is 0 Å². The van der Waals surface area contributed by atoms with Gasteiger partial charge in [0.05, 0.1) is 18.6 Å². The largest absolute Gasteiger partial charge is 0.467 e. The van der Waals surface area contributed by atoms with Crippen LogP contribution in [0.1, 0.15) is 44.3 Å². The monoisotopic (exact) mass is 360 g/mol. The Morgan fingerprint density at radius 3 is 3.04 bits per heavy atom. The molecular weight excluding hydrogens is 336 g/mol. The van der Waals surface area contributed by atoms with Crippen LogP contribution in [0.4, 0.5) is 0 Å². The van der Waals surface area contributed by atoms with Crippen molar-refractivity contribution in [2.75, 3.05) is 12.3 Å². The Morgan fingerprint density at radius 1 is 1.28 bits per heavy atom. The van der Waals surface area contributed by atoms with Crippen molar-refractivity contribution >= 4 is 17.7 Å². The van der Waals surface area contributed by atoms with E-state index in [0.717, 1.165) is 29.8 Å². The van der Waals surface area contributed by atoms with E-state index in [4.69, 9.17) is 4.42 Å². The van der Waals surface area contributed by atoms with E-state index in [0.29, 0.717) is 18.3 Å². The van der Waals surface area contributed by atoms with Crippen LogP contribution >= 0.6 is 11.8 Å². The maximum atomic E-state index is 12.8. The Kier molecular flexibility index (Phi) is 5.10. The number of hydrogen-bond donors (Lipinski definition) is 0. The number of carbonyl (C=O) groups excluding carboxylic acids is 1. The topological polar surface area (TPSA) is 64.2 Å². The molecular formula is C18H24N4O2S. The van der Waals surface area contributed by atoms with E-state index in [-0.39, 0.29) is 5.91 Å². The van der Waals surface area contributed by atoms with Crippen molar-refractivity contribution in [3.8, 4) is 0 Å². The van der Waals surface area contributed by atoms with Gasteiger partial charge in [0.1, 0.15) is 12.1 Å². The van der Waals surface area contributed by atoms with Crippen LogP contribution in [0.15, 0.2) is 34.3 Å². The van der Waals surface area contributed by atoms with Crippen molar-refractivity contribution in [3.63, 3.8) is 0 Å². The first-order valence-electron chi connectivity index (χ1n) is 9.14. The molecule has 1 saturated heterocycles. The zero-order valence-electron chi connectivity index (χ0n) is 14.3. The second kappa shape index (κ2) is 7.64. The van der Waals surface area contributed by atoms with E-state index < -0.39 is 0 Å². The summed E-state index contributed by atoms with van der Waals surface area (Å²) in [7, 11) is 0. The first-order valence-corrected chi connectivity index (χ1v) is 10.1. The number of furan rings is 1. The normalized spacial score (nSPS) is 23.4. The van der Waals surface area contributed by atoms with Gasteiger partial charge in [0.25, 0.3) is 0 Å². The van der Waals surface area contributed by atoms with Gasteiger partial charge in [0, 0.05) is 12.6 Å². The number of hydrogen-bond acceptors (Lipinski definition) is 5. The SMILES string of the molecule is O=C(CSc1nncn1Cc1ccco1)N1CCCC2CCCCC21. The van der Waals surface area contributed by atoms with Crippen molar-refractivity contribution in [3.05, 3.63) is 30.5 Å². The molecule has 1 amide bonds. The lowest BCUT2D eigenvalue weighted by Crippen LogP contribution is -2.50. The molecule has 2 unspecified atom stereocenters. The summed E-state index contributed by atoms with van der Waals surface area (Å²) >= 11 is 1.47. The number of aromatic nitrogens is 3. The van der Waals surface area contributed by atoms with Gasteiger partial charge >= 0.3 is 0 Å². The lowest BCUT2D eigenvalue weighted by molar-refractivity contribution is -0.134. The quantitative estimate of drug-likeness (QED) is 0.766. The fraction of sp³-hybridized carbons (Fsp3) is 0.611. The Morgan fingerprint density at radius 2 is 2.16 bits per heavy atom. The molecule has 1 aliphatic carbocycles. The number of nitrogens with zero attached hydrogens (tertiary/aromatic N) is 4. The zero-order chi connectivity index (χ0) is 17.1. The molecule has 134 valence electrons. The van der Waals surface area contributed by atoms with Gasteiger partial charge in [0.2, 0.25) is 5.91 Å². The van der Waals surface area contributed by atoms with Gasteiger partial charge in [-0.15, -0.1) is 10.2 Å². The van der Waals surface area contributed by atoms with Crippen LogP contribution in [-0.4, -0.2) is 43.9 Å². The van der Waals surface area contributed by atoms with E-state index in [1.54, 1.807) is 12.6 Å². The summed E-state index contributed by atoms with van der Waals surface area (Å²) in [5.74, 6) is 2.25. The molecule has 2 aromatic heterocycles. The molecule has 2 atom stereocenters. The number of amides is 1. The van der Waals surface area contributed by atoms with Gasteiger partial charge in [-0.3, -0.25) is 4.79 Å². The molecule has 2 aromatic rings. The highest BCUT2D eigenvalue weighted by atomic mass is 32.2. The molecule has 0 N–H and O–H groups in total. The second-order valence-corrected chi connectivity index (χ2v) is 7.89. The maximum absolute atomic E-state index is 12.8. The number of carbonyl (C=O) groups is 1. The van der Waals surface area contributed by atoms with Crippen LogP contribution in [0.25, 0.3) is 0 Å². The molecule has 7 heteroatoms. The standard InChI is InChI=1S/C18H24N4O2S/c23-17(22-9-3-6-14-5-1-2-8-16(14)22)12-25-18-20-19-13-21(18)11-15-7-4-10-24-15/h4,7,10,13-14,16H,1-3,5-6,8-9,11-12H2.